The highest BCUT2D eigenvalue weighted by molar-refractivity contribution is 5.93. The van der Waals surface area contributed by atoms with Crippen LogP contribution < -0.4 is 5.32 Å². The Bertz CT molecular complexity index is 1440. The van der Waals surface area contributed by atoms with Crippen molar-refractivity contribution in [3.8, 4) is 11.3 Å². The Hall–Kier alpha value is -3.73. The van der Waals surface area contributed by atoms with Crippen molar-refractivity contribution in [3.63, 3.8) is 0 Å². The van der Waals surface area contributed by atoms with Crippen molar-refractivity contribution in [1.29, 1.82) is 0 Å². The molecule has 2 aromatic carbocycles. The molecule has 1 aliphatic heterocycles. The Balaban J connectivity index is 1.53. The van der Waals surface area contributed by atoms with Crippen molar-refractivity contribution in [2.45, 2.75) is 38.0 Å². The first-order valence-corrected chi connectivity index (χ1v) is 12.6. The van der Waals surface area contributed by atoms with E-state index >= 15 is 0 Å². The third-order valence-electron chi connectivity index (χ3n) is 6.71. The number of pyridine rings is 1. The average molecular weight is 546 g/mol. The number of hydrogen-bond acceptors (Lipinski definition) is 5. The Morgan fingerprint density at radius 3 is 2.26 bits per heavy atom. The first-order chi connectivity index (χ1) is 18.6. The first kappa shape index (κ1) is 26.9. The maximum atomic E-state index is 13.6. The van der Waals surface area contributed by atoms with Gasteiger partial charge < -0.3 is 10.2 Å². The zero-order valence-corrected chi connectivity index (χ0v) is 20.8. The maximum Gasteiger partial charge on any atom is 0.418 e. The number of fused-ring (bicyclic) bond motifs is 1. The monoisotopic (exact) mass is 545 g/mol. The molecule has 0 radical (unpaired) electrons. The lowest BCUT2D eigenvalue weighted by Crippen LogP contribution is -2.31. The molecule has 5 nitrogen and oxygen atoms in total. The van der Waals surface area contributed by atoms with Crippen LogP contribution in [0.1, 0.15) is 36.2 Å². The Labute approximate surface area is 220 Å². The van der Waals surface area contributed by atoms with Crippen LogP contribution in [0.15, 0.2) is 60.8 Å². The summed E-state index contributed by atoms with van der Waals surface area (Å²) < 4.78 is 80.0. The lowest BCUT2D eigenvalue weighted by Gasteiger charge is -2.26. The Morgan fingerprint density at radius 1 is 0.821 bits per heavy atom. The highest BCUT2D eigenvalue weighted by Crippen LogP contribution is 2.37. The van der Waals surface area contributed by atoms with Gasteiger partial charge in [-0.3, -0.25) is 4.98 Å². The SMILES string of the molecule is FC(F)(F)c1ccc(Nc2nc(CCN3CCCCC3)nc3cc(-c4ncccc4C(F)(F)F)ccc23)cc1. The summed E-state index contributed by atoms with van der Waals surface area (Å²) in [7, 11) is 0. The number of likely N-dealkylation sites (tertiary alicyclic amines) is 1. The molecule has 204 valence electrons. The molecule has 0 bridgehead atoms. The quantitative estimate of drug-likeness (QED) is 0.254. The molecule has 5 rings (SSSR count). The first-order valence-electron chi connectivity index (χ1n) is 12.6. The van der Waals surface area contributed by atoms with Gasteiger partial charge in [0.1, 0.15) is 11.6 Å². The molecule has 4 aromatic rings. The number of halogens is 6. The standard InChI is InChI=1S/C28H25F6N5/c29-27(30,31)19-7-9-20(10-8-19)36-26-21-11-6-18(25-22(28(32,33)34)5-4-13-35-25)17-23(21)37-24(38-26)12-16-39-14-2-1-3-15-39/h4-11,13,17H,1-3,12,14-16H2,(H,36,37,38). The number of hydrogen-bond donors (Lipinski definition) is 1. The molecule has 39 heavy (non-hydrogen) atoms. The van der Waals surface area contributed by atoms with Crippen molar-refractivity contribution < 1.29 is 26.3 Å². The predicted molar refractivity (Wildman–Crippen MR) is 136 cm³/mol. The molecule has 1 aliphatic rings. The summed E-state index contributed by atoms with van der Waals surface area (Å²) >= 11 is 0. The number of nitrogens with one attached hydrogen (secondary N) is 1. The van der Waals surface area contributed by atoms with Crippen molar-refractivity contribution in [3.05, 3.63) is 77.7 Å². The molecular weight excluding hydrogens is 520 g/mol. The van der Waals surface area contributed by atoms with Gasteiger partial charge in [-0.1, -0.05) is 12.5 Å². The summed E-state index contributed by atoms with van der Waals surface area (Å²) in [6, 6.07) is 11.4. The number of nitrogens with zero attached hydrogens (tertiary/aromatic N) is 4. The third-order valence-corrected chi connectivity index (χ3v) is 6.71. The molecule has 1 fully saturated rings. The van der Waals surface area contributed by atoms with E-state index in [1.165, 1.54) is 42.9 Å². The summed E-state index contributed by atoms with van der Waals surface area (Å²) in [5.74, 6) is 0.841. The van der Waals surface area contributed by atoms with Gasteiger partial charge in [-0.25, -0.2) is 9.97 Å². The minimum Gasteiger partial charge on any atom is -0.340 e. The van der Waals surface area contributed by atoms with E-state index in [4.69, 9.17) is 0 Å². The van der Waals surface area contributed by atoms with Gasteiger partial charge in [0.05, 0.1) is 22.3 Å². The zero-order valence-electron chi connectivity index (χ0n) is 20.8. The van der Waals surface area contributed by atoms with E-state index < -0.39 is 23.5 Å². The number of alkyl halides is 6. The minimum absolute atomic E-state index is 0.211. The number of rotatable bonds is 6. The average Bonchev–Trinajstić information content (AvgIpc) is 2.91. The second-order valence-electron chi connectivity index (χ2n) is 9.47. The number of benzene rings is 2. The highest BCUT2D eigenvalue weighted by Gasteiger charge is 2.34. The van der Waals surface area contributed by atoms with Crippen molar-refractivity contribution in [2.24, 2.45) is 0 Å². The number of piperidine rings is 1. The molecule has 1 saturated heterocycles. The van der Waals surface area contributed by atoms with Gasteiger partial charge in [0, 0.05) is 35.8 Å². The van der Waals surface area contributed by atoms with E-state index in [-0.39, 0.29) is 11.3 Å². The number of anilines is 2. The van der Waals surface area contributed by atoms with Crippen LogP contribution in [0.5, 0.6) is 0 Å². The van der Waals surface area contributed by atoms with Gasteiger partial charge in [0.25, 0.3) is 0 Å². The predicted octanol–water partition coefficient (Wildman–Crippen LogP) is 7.50. The molecular formula is C28H25F6N5. The van der Waals surface area contributed by atoms with Crippen LogP contribution in [0.2, 0.25) is 0 Å². The van der Waals surface area contributed by atoms with Crippen LogP contribution in [0, 0.1) is 0 Å². The Kier molecular flexibility index (Phi) is 7.44. The van der Waals surface area contributed by atoms with Gasteiger partial charge in [-0.15, -0.1) is 0 Å². The molecule has 11 heteroatoms. The van der Waals surface area contributed by atoms with Gasteiger partial charge in [-0.2, -0.15) is 26.3 Å². The lowest BCUT2D eigenvalue weighted by molar-refractivity contribution is -0.138. The van der Waals surface area contributed by atoms with E-state index in [0.29, 0.717) is 34.7 Å². The van der Waals surface area contributed by atoms with Crippen LogP contribution in [0.4, 0.5) is 37.8 Å². The second-order valence-corrected chi connectivity index (χ2v) is 9.47. The molecule has 1 N–H and O–H groups in total. The molecule has 0 aliphatic carbocycles. The molecule has 0 saturated carbocycles. The molecule has 0 amide bonds. The van der Waals surface area contributed by atoms with E-state index in [1.807, 2.05) is 0 Å². The molecule has 2 aromatic heterocycles. The van der Waals surface area contributed by atoms with Crippen molar-refractivity contribution in [1.82, 2.24) is 19.9 Å². The number of aromatic nitrogens is 3. The summed E-state index contributed by atoms with van der Waals surface area (Å²) in [6.45, 7) is 2.69. The summed E-state index contributed by atoms with van der Waals surface area (Å²) in [5.41, 5.74) is -0.799. The van der Waals surface area contributed by atoms with E-state index in [2.05, 4.69) is 25.2 Å². The van der Waals surface area contributed by atoms with Crippen LogP contribution in [0.25, 0.3) is 22.2 Å². The molecule has 0 spiro atoms. The van der Waals surface area contributed by atoms with Crippen molar-refractivity contribution >= 4 is 22.4 Å². The fourth-order valence-corrected chi connectivity index (χ4v) is 4.72. The summed E-state index contributed by atoms with van der Waals surface area (Å²) in [5, 5.41) is 3.59. The fraction of sp³-hybridized carbons (Fsp3) is 0.321. The summed E-state index contributed by atoms with van der Waals surface area (Å²) in [6.07, 6.45) is -3.80. The van der Waals surface area contributed by atoms with Crippen LogP contribution in [-0.4, -0.2) is 39.5 Å². The lowest BCUT2D eigenvalue weighted by atomic mass is 10.0. The van der Waals surface area contributed by atoms with E-state index in [0.717, 1.165) is 50.7 Å². The van der Waals surface area contributed by atoms with Crippen molar-refractivity contribution in [2.75, 3.05) is 25.0 Å². The molecule has 0 unspecified atom stereocenters. The van der Waals surface area contributed by atoms with Crippen LogP contribution >= 0.6 is 0 Å². The molecule has 3 heterocycles. The smallest absolute Gasteiger partial charge is 0.340 e. The van der Waals surface area contributed by atoms with Gasteiger partial charge in [-0.05, 0) is 74.5 Å². The van der Waals surface area contributed by atoms with E-state index in [1.54, 1.807) is 6.07 Å². The highest BCUT2D eigenvalue weighted by atomic mass is 19.4. The maximum absolute atomic E-state index is 13.6. The molecule has 0 atom stereocenters. The van der Waals surface area contributed by atoms with Gasteiger partial charge >= 0.3 is 12.4 Å². The minimum atomic E-state index is -4.58. The Morgan fingerprint density at radius 2 is 1.56 bits per heavy atom. The topological polar surface area (TPSA) is 53.9 Å². The normalized spacial score (nSPS) is 15.0. The van der Waals surface area contributed by atoms with Crippen LogP contribution in [-0.2, 0) is 18.8 Å². The van der Waals surface area contributed by atoms with Gasteiger partial charge in [0.2, 0.25) is 0 Å². The van der Waals surface area contributed by atoms with Crippen LogP contribution in [0.3, 0.4) is 0 Å². The van der Waals surface area contributed by atoms with Gasteiger partial charge in [0.15, 0.2) is 0 Å². The zero-order chi connectivity index (χ0) is 27.6. The fourth-order valence-electron chi connectivity index (χ4n) is 4.72. The summed E-state index contributed by atoms with van der Waals surface area (Å²) in [4.78, 5) is 15.6. The third kappa shape index (κ3) is 6.30. The second kappa shape index (κ2) is 10.8. The van der Waals surface area contributed by atoms with E-state index in [9.17, 15) is 26.3 Å². The largest absolute Gasteiger partial charge is 0.418 e.